The van der Waals surface area contributed by atoms with Gasteiger partial charge in [0.1, 0.15) is 12.4 Å². The second kappa shape index (κ2) is 6.68. The first kappa shape index (κ1) is 14.0. The van der Waals surface area contributed by atoms with E-state index in [1.807, 2.05) is 24.3 Å². The van der Waals surface area contributed by atoms with Gasteiger partial charge in [-0.25, -0.2) is 4.98 Å². The van der Waals surface area contributed by atoms with Crippen molar-refractivity contribution in [2.75, 3.05) is 0 Å². The highest BCUT2D eigenvalue weighted by molar-refractivity contribution is 7.09. The summed E-state index contributed by atoms with van der Waals surface area (Å²) < 4.78 is 5.68. The molecule has 0 saturated heterocycles. The summed E-state index contributed by atoms with van der Waals surface area (Å²) in [7, 11) is 0. The van der Waals surface area contributed by atoms with Crippen molar-refractivity contribution in [3.05, 3.63) is 45.9 Å². The Labute approximate surface area is 117 Å². The molecule has 2 rings (SSSR count). The van der Waals surface area contributed by atoms with Gasteiger partial charge in [-0.2, -0.15) is 0 Å². The van der Waals surface area contributed by atoms with Crippen LogP contribution in [0.4, 0.5) is 0 Å². The van der Waals surface area contributed by atoms with E-state index in [0.29, 0.717) is 6.61 Å². The predicted octanol–water partition coefficient (Wildman–Crippen LogP) is 3.73. The van der Waals surface area contributed by atoms with Crippen molar-refractivity contribution < 1.29 is 9.84 Å². The van der Waals surface area contributed by atoms with Crippen molar-refractivity contribution >= 4 is 11.3 Å². The molecule has 0 saturated carbocycles. The number of aliphatic hydroxyl groups excluding tert-OH is 1. The molecule has 1 atom stereocenters. The average molecular weight is 277 g/mol. The van der Waals surface area contributed by atoms with Crippen LogP contribution in [0.15, 0.2) is 29.6 Å². The lowest BCUT2D eigenvalue weighted by Gasteiger charge is -2.07. The van der Waals surface area contributed by atoms with Gasteiger partial charge in [0.25, 0.3) is 0 Å². The van der Waals surface area contributed by atoms with Gasteiger partial charge in [-0.1, -0.05) is 19.1 Å². The van der Waals surface area contributed by atoms with Gasteiger partial charge in [-0.3, -0.25) is 0 Å². The highest BCUT2D eigenvalue weighted by Gasteiger charge is 2.04. The smallest absolute Gasteiger partial charge is 0.131 e. The number of aryl methyl sites for hydroxylation is 1. The standard InChI is InChI=1S/C15H19NO2S/c1-3-4-15-16-13(10-19-15)9-18-14-7-5-12(6-8-14)11(2)17/h5-8,10-11,17H,3-4,9H2,1-2H3. The van der Waals surface area contributed by atoms with Crippen LogP contribution in [0.2, 0.25) is 0 Å². The Morgan fingerprint density at radius 3 is 2.68 bits per heavy atom. The van der Waals surface area contributed by atoms with E-state index in [4.69, 9.17) is 4.74 Å². The van der Waals surface area contributed by atoms with E-state index in [2.05, 4.69) is 17.3 Å². The zero-order valence-electron chi connectivity index (χ0n) is 11.3. The van der Waals surface area contributed by atoms with Gasteiger partial charge in [-0.15, -0.1) is 11.3 Å². The number of aliphatic hydroxyl groups is 1. The molecule has 1 heterocycles. The van der Waals surface area contributed by atoms with Crippen molar-refractivity contribution in [1.82, 2.24) is 4.98 Å². The normalized spacial score (nSPS) is 12.4. The first-order chi connectivity index (χ1) is 9.19. The molecule has 0 radical (unpaired) electrons. The summed E-state index contributed by atoms with van der Waals surface area (Å²) in [4.78, 5) is 4.51. The van der Waals surface area contributed by atoms with Crippen molar-refractivity contribution in [1.29, 1.82) is 0 Å². The van der Waals surface area contributed by atoms with Crippen LogP contribution in [0.1, 0.15) is 42.6 Å². The zero-order valence-corrected chi connectivity index (χ0v) is 12.1. The number of rotatable bonds is 6. The molecule has 3 nitrogen and oxygen atoms in total. The molecule has 1 aromatic heterocycles. The third kappa shape index (κ3) is 4.04. The maximum absolute atomic E-state index is 9.43. The minimum Gasteiger partial charge on any atom is -0.487 e. The molecule has 0 aliphatic heterocycles. The highest BCUT2D eigenvalue weighted by atomic mass is 32.1. The maximum atomic E-state index is 9.43. The molecule has 0 fully saturated rings. The summed E-state index contributed by atoms with van der Waals surface area (Å²) in [6.45, 7) is 4.40. The molecular formula is C15H19NO2S. The predicted molar refractivity (Wildman–Crippen MR) is 77.5 cm³/mol. The number of ether oxygens (including phenoxy) is 1. The molecule has 1 unspecified atom stereocenters. The number of hydrogen-bond donors (Lipinski definition) is 1. The molecule has 19 heavy (non-hydrogen) atoms. The van der Waals surface area contributed by atoms with Gasteiger partial charge in [0.2, 0.25) is 0 Å². The van der Waals surface area contributed by atoms with Crippen LogP contribution in [0.5, 0.6) is 5.75 Å². The lowest BCUT2D eigenvalue weighted by molar-refractivity contribution is 0.199. The summed E-state index contributed by atoms with van der Waals surface area (Å²) >= 11 is 1.69. The fraction of sp³-hybridized carbons (Fsp3) is 0.400. The Morgan fingerprint density at radius 2 is 2.05 bits per heavy atom. The summed E-state index contributed by atoms with van der Waals surface area (Å²) in [5.41, 5.74) is 1.87. The van der Waals surface area contributed by atoms with Crippen LogP contribution in [-0.4, -0.2) is 10.1 Å². The molecule has 1 aromatic carbocycles. The van der Waals surface area contributed by atoms with Crippen molar-refractivity contribution in [3.8, 4) is 5.75 Å². The topological polar surface area (TPSA) is 42.4 Å². The maximum Gasteiger partial charge on any atom is 0.131 e. The Bertz CT molecular complexity index is 505. The monoisotopic (exact) mass is 277 g/mol. The van der Waals surface area contributed by atoms with Crippen LogP contribution in [0.25, 0.3) is 0 Å². The Morgan fingerprint density at radius 1 is 1.32 bits per heavy atom. The van der Waals surface area contributed by atoms with Crippen LogP contribution in [0.3, 0.4) is 0 Å². The molecular weight excluding hydrogens is 258 g/mol. The average Bonchev–Trinajstić information content (AvgIpc) is 2.85. The van der Waals surface area contributed by atoms with Gasteiger partial charge in [0.05, 0.1) is 16.8 Å². The van der Waals surface area contributed by atoms with Crippen molar-refractivity contribution in [2.24, 2.45) is 0 Å². The molecule has 0 aliphatic rings. The lowest BCUT2D eigenvalue weighted by atomic mass is 10.1. The van der Waals surface area contributed by atoms with Crippen molar-refractivity contribution in [2.45, 2.75) is 39.4 Å². The third-order valence-electron chi connectivity index (χ3n) is 2.81. The van der Waals surface area contributed by atoms with E-state index in [-0.39, 0.29) is 0 Å². The second-order valence-corrected chi connectivity index (χ2v) is 5.46. The van der Waals surface area contributed by atoms with Gasteiger partial charge < -0.3 is 9.84 Å². The third-order valence-corrected chi connectivity index (χ3v) is 3.77. The summed E-state index contributed by atoms with van der Waals surface area (Å²) in [6, 6.07) is 7.51. The number of hydrogen-bond acceptors (Lipinski definition) is 4. The molecule has 0 amide bonds. The lowest BCUT2D eigenvalue weighted by Crippen LogP contribution is -1.97. The van der Waals surface area contributed by atoms with Gasteiger partial charge in [0.15, 0.2) is 0 Å². The zero-order chi connectivity index (χ0) is 13.7. The molecule has 0 spiro atoms. The van der Waals surface area contributed by atoms with Crippen LogP contribution in [0, 0.1) is 0 Å². The summed E-state index contributed by atoms with van der Waals surface area (Å²) in [5, 5.41) is 12.6. The molecule has 0 bridgehead atoms. The summed E-state index contributed by atoms with van der Waals surface area (Å²) in [5.74, 6) is 0.800. The minimum absolute atomic E-state index is 0.441. The summed E-state index contributed by atoms with van der Waals surface area (Å²) in [6.07, 6.45) is 1.71. The van der Waals surface area contributed by atoms with E-state index in [1.165, 1.54) is 5.01 Å². The minimum atomic E-state index is -0.441. The SMILES string of the molecule is CCCc1nc(COc2ccc(C(C)O)cc2)cs1. The van der Waals surface area contributed by atoms with Gasteiger partial charge >= 0.3 is 0 Å². The second-order valence-electron chi connectivity index (χ2n) is 4.52. The number of aromatic nitrogens is 1. The number of benzene rings is 1. The largest absolute Gasteiger partial charge is 0.487 e. The van der Waals surface area contributed by atoms with Crippen molar-refractivity contribution in [3.63, 3.8) is 0 Å². The Balaban J connectivity index is 1.90. The highest BCUT2D eigenvalue weighted by Crippen LogP contribution is 2.19. The fourth-order valence-electron chi connectivity index (χ4n) is 1.74. The first-order valence-electron chi connectivity index (χ1n) is 6.53. The molecule has 102 valence electrons. The molecule has 2 aromatic rings. The quantitative estimate of drug-likeness (QED) is 0.875. The first-order valence-corrected chi connectivity index (χ1v) is 7.41. The number of thiazole rings is 1. The van der Waals surface area contributed by atoms with Crippen LogP contribution in [-0.2, 0) is 13.0 Å². The van der Waals surface area contributed by atoms with E-state index in [9.17, 15) is 5.11 Å². The molecule has 1 N–H and O–H groups in total. The Kier molecular flexibility index (Phi) is 4.93. The van der Waals surface area contributed by atoms with E-state index in [0.717, 1.165) is 29.8 Å². The molecule has 4 heteroatoms. The fourth-order valence-corrected chi connectivity index (χ4v) is 2.63. The van der Waals surface area contributed by atoms with Crippen LogP contribution >= 0.6 is 11.3 Å². The van der Waals surface area contributed by atoms with Gasteiger partial charge in [0, 0.05) is 5.38 Å². The Hall–Kier alpha value is -1.39. The van der Waals surface area contributed by atoms with E-state index < -0.39 is 6.10 Å². The number of nitrogens with zero attached hydrogens (tertiary/aromatic N) is 1. The van der Waals surface area contributed by atoms with E-state index >= 15 is 0 Å². The van der Waals surface area contributed by atoms with E-state index in [1.54, 1.807) is 18.3 Å². The van der Waals surface area contributed by atoms with Crippen LogP contribution < -0.4 is 4.74 Å². The van der Waals surface area contributed by atoms with Gasteiger partial charge in [-0.05, 0) is 37.5 Å². The molecule has 0 aliphatic carbocycles.